The van der Waals surface area contributed by atoms with Gasteiger partial charge in [-0.3, -0.25) is 0 Å². The Balaban J connectivity index is 5.29. The van der Waals surface area contributed by atoms with Crippen LogP contribution in [0.2, 0.25) is 0 Å². The summed E-state index contributed by atoms with van der Waals surface area (Å²) in [5, 5.41) is 0.421. The molecule has 0 aromatic rings. The first-order valence-electron chi connectivity index (χ1n) is 5.49. The van der Waals surface area contributed by atoms with E-state index in [9.17, 15) is 0 Å². The smallest absolute Gasteiger partial charge is 0.00499 e. The molecule has 0 bridgehead atoms. The van der Waals surface area contributed by atoms with Crippen molar-refractivity contribution in [3.05, 3.63) is 0 Å². The second-order valence-electron chi connectivity index (χ2n) is 5.95. The van der Waals surface area contributed by atoms with E-state index in [4.69, 9.17) is 11.2 Å². The highest BCUT2D eigenvalue weighted by Gasteiger charge is 2.39. The summed E-state index contributed by atoms with van der Waals surface area (Å²) in [4.78, 5) is 0. The Kier molecular flexibility index (Phi) is 4.82. The molecule has 0 aliphatic carbocycles. The molecule has 0 amide bonds. The Bertz CT molecular complexity index is 210. The lowest BCUT2D eigenvalue weighted by Gasteiger charge is -2.43. The molecule has 0 aliphatic rings. The Morgan fingerprint density at radius 1 is 1.00 bits per heavy atom. The third-order valence-electron chi connectivity index (χ3n) is 2.62. The van der Waals surface area contributed by atoms with E-state index in [1.807, 2.05) is 0 Å². The number of halogens is 1. The first kappa shape index (κ1) is 14.6. The molecule has 2 heteroatoms. The summed E-state index contributed by atoms with van der Waals surface area (Å²) in [7, 11) is 0. The predicted octanol–water partition coefficient (Wildman–Crippen LogP) is 5.36. The average molecular weight is 237 g/mol. The van der Waals surface area contributed by atoms with Gasteiger partial charge < -0.3 is 0 Å². The van der Waals surface area contributed by atoms with E-state index in [0.717, 1.165) is 6.42 Å². The number of hydrogen-bond acceptors (Lipinski definition) is 0. The molecular formula is C12H26ClP. The van der Waals surface area contributed by atoms with Crippen LogP contribution in [0.25, 0.3) is 0 Å². The minimum absolute atomic E-state index is 0.210. The zero-order chi connectivity index (χ0) is 11.6. The molecular weight excluding hydrogens is 211 g/mol. The van der Waals surface area contributed by atoms with E-state index >= 15 is 0 Å². The molecule has 0 atom stereocenters. The quantitative estimate of drug-likeness (QED) is 0.567. The van der Waals surface area contributed by atoms with Crippen LogP contribution in [0.4, 0.5) is 0 Å². The van der Waals surface area contributed by atoms with Gasteiger partial charge in [0.1, 0.15) is 0 Å². The third-order valence-corrected chi connectivity index (χ3v) is 10.7. The van der Waals surface area contributed by atoms with Gasteiger partial charge in [0.15, 0.2) is 0 Å². The van der Waals surface area contributed by atoms with Gasteiger partial charge in [-0.25, -0.2) is 0 Å². The standard InChI is InChI=1S/C12H26ClP/c1-8-9-10-14(13,11(2,3)4)12(5,6)7/h10H,8-9H2,1-7H3. The summed E-state index contributed by atoms with van der Waals surface area (Å²) < 4.78 is 0. The van der Waals surface area contributed by atoms with E-state index in [-0.39, 0.29) is 10.3 Å². The van der Waals surface area contributed by atoms with Gasteiger partial charge in [0, 0.05) is 0 Å². The van der Waals surface area contributed by atoms with Gasteiger partial charge >= 0.3 is 0 Å². The fourth-order valence-electron chi connectivity index (χ4n) is 1.86. The SMILES string of the molecule is CCCC=P(Cl)(C(C)(C)C)C(C)(C)C. The van der Waals surface area contributed by atoms with Crippen LogP contribution in [-0.4, -0.2) is 16.1 Å². The van der Waals surface area contributed by atoms with Gasteiger partial charge in [-0.2, -0.15) is 0 Å². The summed E-state index contributed by atoms with van der Waals surface area (Å²) >= 11 is 6.93. The molecule has 0 aromatic heterocycles. The van der Waals surface area contributed by atoms with Gasteiger partial charge in [-0.15, -0.1) is 0 Å². The monoisotopic (exact) mass is 236 g/mol. The molecule has 0 rings (SSSR count). The summed E-state index contributed by atoms with van der Waals surface area (Å²) in [6.45, 7) is 15.8. The lowest BCUT2D eigenvalue weighted by molar-refractivity contribution is 0.715. The average Bonchev–Trinajstić information content (AvgIpc) is 1.95. The van der Waals surface area contributed by atoms with Crippen LogP contribution in [0.5, 0.6) is 0 Å². The van der Waals surface area contributed by atoms with Crippen LogP contribution in [0.1, 0.15) is 61.3 Å². The highest BCUT2D eigenvalue weighted by molar-refractivity contribution is 7.99. The number of unbranched alkanes of at least 4 members (excludes halogenated alkanes) is 1. The number of rotatable bonds is 2. The summed E-state index contributed by atoms with van der Waals surface area (Å²) in [6, 6.07) is 0. The van der Waals surface area contributed by atoms with E-state index in [1.54, 1.807) is 0 Å². The fourth-order valence-corrected chi connectivity index (χ4v) is 5.88. The maximum atomic E-state index is 6.93. The molecule has 0 saturated carbocycles. The molecule has 0 spiro atoms. The van der Waals surface area contributed by atoms with E-state index in [1.165, 1.54) is 6.42 Å². The lowest BCUT2D eigenvalue weighted by atomic mass is 10.2. The van der Waals surface area contributed by atoms with E-state index in [0.29, 0.717) is 0 Å². The van der Waals surface area contributed by atoms with Crippen LogP contribution in [0.3, 0.4) is 0 Å². The molecule has 0 aromatic carbocycles. The fraction of sp³-hybridized carbons (Fsp3) is 0.917. The van der Waals surface area contributed by atoms with Crippen molar-refractivity contribution in [2.75, 3.05) is 0 Å². The van der Waals surface area contributed by atoms with E-state index < -0.39 is 6.24 Å². The molecule has 86 valence electrons. The normalized spacial score (nSPS) is 14.3. The minimum Gasteiger partial charge on any atom is -0.0970 e. The Hall–Kier alpha value is 0.590. The van der Waals surface area contributed by atoms with Crippen molar-refractivity contribution >= 4 is 23.3 Å². The van der Waals surface area contributed by atoms with Crippen molar-refractivity contribution in [2.45, 2.75) is 71.6 Å². The van der Waals surface area contributed by atoms with Crippen LogP contribution in [-0.2, 0) is 0 Å². The van der Waals surface area contributed by atoms with Gasteiger partial charge in [0.2, 0.25) is 0 Å². The predicted molar refractivity (Wildman–Crippen MR) is 73.3 cm³/mol. The maximum absolute atomic E-state index is 6.93. The Labute approximate surface area is 95.2 Å². The highest BCUT2D eigenvalue weighted by atomic mass is 35.7. The Morgan fingerprint density at radius 2 is 1.36 bits per heavy atom. The van der Waals surface area contributed by atoms with Crippen molar-refractivity contribution < 1.29 is 0 Å². The first-order valence-corrected chi connectivity index (χ1v) is 8.25. The van der Waals surface area contributed by atoms with Crippen molar-refractivity contribution in [1.82, 2.24) is 0 Å². The summed E-state index contributed by atoms with van der Waals surface area (Å²) in [6.07, 6.45) is 0.833. The first-order chi connectivity index (χ1) is 6.06. The molecule has 0 radical (unpaired) electrons. The van der Waals surface area contributed by atoms with Crippen LogP contribution in [0.15, 0.2) is 0 Å². The van der Waals surface area contributed by atoms with Crippen LogP contribution in [0, 0.1) is 0 Å². The third kappa shape index (κ3) is 3.04. The van der Waals surface area contributed by atoms with Gasteiger partial charge in [-0.05, 0) is 23.0 Å². The molecule has 0 nitrogen and oxygen atoms in total. The van der Waals surface area contributed by atoms with Crippen molar-refractivity contribution in [1.29, 1.82) is 0 Å². The molecule has 0 heterocycles. The maximum Gasteiger partial charge on any atom is -0.00499 e. The molecule has 0 unspecified atom stereocenters. The van der Waals surface area contributed by atoms with Crippen molar-refractivity contribution in [3.63, 3.8) is 0 Å². The van der Waals surface area contributed by atoms with Crippen molar-refractivity contribution in [3.8, 4) is 0 Å². The number of hydrogen-bond donors (Lipinski definition) is 0. The zero-order valence-electron chi connectivity index (χ0n) is 10.8. The molecule has 14 heavy (non-hydrogen) atoms. The molecule has 0 fully saturated rings. The van der Waals surface area contributed by atoms with E-state index in [2.05, 4.69) is 54.3 Å². The second kappa shape index (κ2) is 4.62. The van der Waals surface area contributed by atoms with Crippen molar-refractivity contribution in [2.24, 2.45) is 0 Å². The second-order valence-corrected chi connectivity index (χ2v) is 11.9. The topological polar surface area (TPSA) is 0 Å². The largest absolute Gasteiger partial charge is 0.0970 e. The molecule has 0 saturated heterocycles. The molecule has 0 aliphatic heterocycles. The lowest BCUT2D eigenvalue weighted by Crippen LogP contribution is -2.27. The highest BCUT2D eigenvalue weighted by Crippen LogP contribution is 2.71. The van der Waals surface area contributed by atoms with Crippen LogP contribution < -0.4 is 0 Å². The Morgan fingerprint density at radius 3 is 1.57 bits per heavy atom. The zero-order valence-corrected chi connectivity index (χ0v) is 12.5. The van der Waals surface area contributed by atoms with Gasteiger partial charge in [0.05, 0.1) is 0 Å². The minimum atomic E-state index is -1.51. The molecule has 0 N–H and O–H groups in total. The van der Waals surface area contributed by atoms with Gasteiger partial charge in [-0.1, -0.05) is 71.9 Å². The van der Waals surface area contributed by atoms with Crippen LogP contribution >= 0.6 is 17.5 Å². The summed E-state index contributed by atoms with van der Waals surface area (Å²) in [5.41, 5.74) is 0. The summed E-state index contributed by atoms with van der Waals surface area (Å²) in [5.74, 6) is 2.41. The van der Waals surface area contributed by atoms with Gasteiger partial charge in [0.25, 0.3) is 0 Å².